The van der Waals surface area contributed by atoms with E-state index >= 15 is 0 Å². The molecule has 0 saturated heterocycles. The first-order chi connectivity index (χ1) is 10.7. The third-order valence-electron chi connectivity index (χ3n) is 2.65. The Bertz CT molecular complexity index is 584. The standard InChI is InChI=1S/C15H16N2O3S2/c1-19-11-7-3-5-9-13(11)21-16-15(18)17-22-14-10-6-4-8-12(14)20-2/h3-10H,1-2H3,(H2,16,17,18). The molecule has 0 aliphatic carbocycles. The first-order valence-corrected chi connectivity index (χ1v) is 8.03. The number of carbonyl (C=O) groups is 1. The van der Waals surface area contributed by atoms with Gasteiger partial charge in [0.25, 0.3) is 0 Å². The number of hydrogen-bond donors (Lipinski definition) is 2. The first-order valence-electron chi connectivity index (χ1n) is 6.40. The summed E-state index contributed by atoms with van der Waals surface area (Å²) in [5.74, 6) is 1.43. The maximum atomic E-state index is 11.8. The predicted molar refractivity (Wildman–Crippen MR) is 89.4 cm³/mol. The highest BCUT2D eigenvalue weighted by Crippen LogP contribution is 2.28. The maximum Gasteiger partial charge on any atom is 0.335 e. The molecule has 116 valence electrons. The maximum absolute atomic E-state index is 11.8. The quantitative estimate of drug-likeness (QED) is 0.788. The van der Waals surface area contributed by atoms with Gasteiger partial charge in [-0.3, -0.25) is 9.44 Å². The van der Waals surface area contributed by atoms with Crippen molar-refractivity contribution in [3.63, 3.8) is 0 Å². The van der Waals surface area contributed by atoms with Gasteiger partial charge in [0.05, 0.1) is 24.0 Å². The van der Waals surface area contributed by atoms with Crippen LogP contribution in [0.1, 0.15) is 0 Å². The number of carbonyl (C=O) groups excluding carboxylic acids is 1. The number of ether oxygens (including phenoxy) is 2. The average Bonchev–Trinajstić information content (AvgIpc) is 2.58. The molecule has 0 aromatic heterocycles. The number of nitrogens with one attached hydrogen (secondary N) is 2. The van der Waals surface area contributed by atoms with Gasteiger partial charge in [-0.25, -0.2) is 4.79 Å². The Labute approximate surface area is 138 Å². The molecule has 0 spiro atoms. The van der Waals surface area contributed by atoms with E-state index in [1.54, 1.807) is 14.2 Å². The predicted octanol–water partition coefficient (Wildman–Crippen LogP) is 3.72. The zero-order chi connectivity index (χ0) is 15.8. The Kier molecular flexibility index (Phi) is 6.29. The van der Waals surface area contributed by atoms with E-state index in [1.807, 2.05) is 48.5 Å². The Morgan fingerprint density at radius 3 is 1.64 bits per heavy atom. The Hall–Kier alpha value is -1.99. The van der Waals surface area contributed by atoms with Crippen LogP contribution in [0.4, 0.5) is 4.79 Å². The van der Waals surface area contributed by atoms with E-state index in [1.165, 1.54) is 23.9 Å². The van der Waals surface area contributed by atoms with Gasteiger partial charge in [0, 0.05) is 0 Å². The highest BCUT2D eigenvalue weighted by Gasteiger charge is 2.08. The van der Waals surface area contributed by atoms with Crippen LogP contribution in [0.5, 0.6) is 11.5 Å². The molecule has 22 heavy (non-hydrogen) atoms. The monoisotopic (exact) mass is 336 g/mol. The zero-order valence-corrected chi connectivity index (χ0v) is 13.8. The van der Waals surface area contributed by atoms with Crippen molar-refractivity contribution in [1.29, 1.82) is 0 Å². The number of rotatable bonds is 6. The van der Waals surface area contributed by atoms with Crippen LogP contribution in [-0.4, -0.2) is 20.3 Å². The minimum Gasteiger partial charge on any atom is -0.496 e. The van der Waals surface area contributed by atoms with Crippen molar-refractivity contribution in [2.24, 2.45) is 0 Å². The molecule has 7 heteroatoms. The summed E-state index contributed by atoms with van der Waals surface area (Å²) in [5.41, 5.74) is 0. The van der Waals surface area contributed by atoms with Crippen LogP contribution in [0.25, 0.3) is 0 Å². The molecule has 0 saturated carbocycles. The molecule has 0 unspecified atom stereocenters. The number of methoxy groups -OCH3 is 2. The molecule has 2 aromatic carbocycles. The molecule has 0 aliphatic rings. The summed E-state index contributed by atoms with van der Waals surface area (Å²) in [5, 5.41) is 0. The lowest BCUT2D eigenvalue weighted by Crippen LogP contribution is -2.25. The highest BCUT2D eigenvalue weighted by molar-refractivity contribution is 7.99. The van der Waals surface area contributed by atoms with Gasteiger partial charge < -0.3 is 9.47 Å². The van der Waals surface area contributed by atoms with E-state index in [2.05, 4.69) is 9.44 Å². The minimum absolute atomic E-state index is 0.313. The Morgan fingerprint density at radius 1 is 0.818 bits per heavy atom. The second-order valence-corrected chi connectivity index (χ2v) is 5.74. The molecule has 0 fully saturated rings. The van der Waals surface area contributed by atoms with Crippen molar-refractivity contribution in [2.75, 3.05) is 14.2 Å². The number of urea groups is 1. The molecule has 0 radical (unpaired) electrons. The summed E-state index contributed by atoms with van der Waals surface area (Å²) in [4.78, 5) is 13.5. The molecule has 2 N–H and O–H groups in total. The summed E-state index contributed by atoms with van der Waals surface area (Å²) in [6.45, 7) is 0. The van der Waals surface area contributed by atoms with Gasteiger partial charge in [0.1, 0.15) is 11.5 Å². The van der Waals surface area contributed by atoms with Crippen LogP contribution in [0.3, 0.4) is 0 Å². The van der Waals surface area contributed by atoms with Crippen LogP contribution < -0.4 is 18.9 Å². The molecule has 2 amide bonds. The topological polar surface area (TPSA) is 59.6 Å². The second-order valence-electron chi connectivity index (χ2n) is 4.04. The fraction of sp³-hybridized carbons (Fsp3) is 0.133. The van der Waals surface area contributed by atoms with E-state index in [0.29, 0.717) is 11.5 Å². The molecular formula is C15H16N2O3S2. The third-order valence-corrected chi connectivity index (χ3v) is 4.33. The molecule has 0 aliphatic heterocycles. The smallest absolute Gasteiger partial charge is 0.335 e. The first kappa shape index (κ1) is 16.4. The number of benzene rings is 2. The summed E-state index contributed by atoms with van der Waals surface area (Å²) in [6, 6.07) is 14.6. The minimum atomic E-state index is -0.313. The van der Waals surface area contributed by atoms with E-state index in [-0.39, 0.29) is 6.03 Å². The summed E-state index contributed by atoms with van der Waals surface area (Å²) < 4.78 is 15.9. The van der Waals surface area contributed by atoms with Crippen molar-refractivity contribution < 1.29 is 14.3 Å². The van der Waals surface area contributed by atoms with Crippen molar-refractivity contribution >= 4 is 29.9 Å². The summed E-state index contributed by atoms with van der Waals surface area (Å²) in [7, 11) is 3.19. The van der Waals surface area contributed by atoms with E-state index in [0.717, 1.165) is 9.79 Å². The van der Waals surface area contributed by atoms with E-state index < -0.39 is 0 Å². The van der Waals surface area contributed by atoms with Gasteiger partial charge in [-0.1, -0.05) is 24.3 Å². The molecule has 0 heterocycles. The largest absolute Gasteiger partial charge is 0.496 e. The van der Waals surface area contributed by atoms with Crippen LogP contribution >= 0.6 is 23.9 Å². The van der Waals surface area contributed by atoms with Gasteiger partial charge >= 0.3 is 6.03 Å². The third kappa shape index (κ3) is 4.51. The number of hydrogen-bond acceptors (Lipinski definition) is 5. The second kappa shape index (κ2) is 8.45. The molecule has 2 aromatic rings. The molecule has 2 rings (SSSR count). The lowest BCUT2D eigenvalue weighted by Gasteiger charge is -2.10. The van der Waals surface area contributed by atoms with Crippen molar-refractivity contribution in [2.45, 2.75) is 9.79 Å². The highest BCUT2D eigenvalue weighted by atomic mass is 32.2. The van der Waals surface area contributed by atoms with Crippen LogP contribution in [-0.2, 0) is 0 Å². The number of para-hydroxylation sites is 2. The van der Waals surface area contributed by atoms with E-state index in [4.69, 9.17) is 9.47 Å². The molecular weight excluding hydrogens is 320 g/mol. The Morgan fingerprint density at radius 2 is 1.23 bits per heavy atom. The lowest BCUT2D eigenvalue weighted by atomic mass is 10.3. The lowest BCUT2D eigenvalue weighted by molar-refractivity contribution is 0.252. The summed E-state index contributed by atoms with van der Waals surface area (Å²) in [6.07, 6.45) is 0. The van der Waals surface area contributed by atoms with Gasteiger partial charge in [0.2, 0.25) is 0 Å². The Balaban J connectivity index is 1.86. The molecule has 0 bridgehead atoms. The van der Waals surface area contributed by atoms with Gasteiger partial charge in [0.15, 0.2) is 0 Å². The number of amides is 2. The van der Waals surface area contributed by atoms with Crippen molar-refractivity contribution in [3.05, 3.63) is 48.5 Å². The zero-order valence-electron chi connectivity index (χ0n) is 12.2. The SMILES string of the molecule is COc1ccccc1SNC(=O)NSc1ccccc1OC. The van der Waals surface area contributed by atoms with Crippen LogP contribution in [0, 0.1) is 0 Å². The van der Waals surface area contributed by atoms with Crippen molar-refractivity contribution in [1.82, 2.24) is 9.44 Å². The fourth-order valence-corrected chi connectivity index (χ4v) is 3.00. The average molecular weight is 336 g/mol. The molecule has 5 nitrogen and oxygen atoms in total. The fourth-order valence-electron chi connectivity index (χ4n) is 1.63. The van der Waals surface area contributed by atoms with Gasteiger partial charge in [-0.2, -0.15) is 0 Å². The summed E-state index contributed by atoms with van der Waals surface area (Å²) >= 11 is 2.39. The normalized spacial score (nSPS) is 9.91. The van der Waals surface area contributed by atoms with Crippen molar-refractivity contribution in [3.8, 4) is 11.5 Å². The van der Waals surface area contributed by atoms with Crippen LogP contribution in [0.2, 0.25) is 0 Å². The van der Waals surface area contributed by atoms with E-state index in [9.17, 15) is 4.79 Å². The van der Waals surface area contributed by atoms with Crippen LogP contribution in [0.15, 0.2) is 58.3 Å². The van der Waals surface area contributed by atoms with Gasteiger partial charge in [-0.05, 0) is 48.2 Å². The van der Waals surface area contributed by atoms with Gasteiger partial charge in [-0.15, -0.1) is 0 Å². The molecule has 0 atom stereocenters.